The Hall–Kier alpha value is -1.43. The molecule has 12 heavy (non-hydrogen) atoms. The van der Waals surface area contributed by atoms with E-state index < -0.39 is 5.41 Å². The maximum atomic E-state index is 10.7. The van der Waals surface area contributed by atoms with Gasteiger partial charge in [0.25, 0.3) is 0 Å². The Morgan fingerprint density at radius 1 is 1.75 bits per heavy atom. The summed E-state index contributed by atoms with van der Waals surface area (Å²) in [6.07, 6.45) is 2.20. The smallest absolute Gasteiger partial charge is 0.141 e. The number of Topliss-reactive ketones (excluding diaryl/α,β-unsaturated/α-hetero) is 1. The molecule has 0 aromatic heterocycles. The van der Waals surface area contributed by atoms with Crippen molar-refractivity contribution in [1.82, 2.24) is 0 Å². The Morgan fingerprint density at radius 3 is 2.58 bits per heavy atom. The lowest BCUT2D eigenvalue weighted by Gasteiger charge is -2.14. The predicted octanol–water partition coefficient (Wildman–Crippen LogP) is 1.25. The van der Waals surface area contributed by atoms with Crippen molar-refractivity contribution in [1.29, 1.82) is 5.26 Å². The largest absolute Gasteiger partial charge is 0.302 e. The second kappa shape index (κ2) is 4.45. The van der Waals surface area contributed by atoms with Gasteiger partial charge >= 0.3 is 0 Å². The van der Waals surface area contributed by atoms with E-state index in [4.69, 9.17) is 5.26 Å². The highest BCUT2D eigenvalue weighted by Crippen LogP contribution is 2.23. The number of hydrogen-bond donors (Lipinski definition) is 0. The minimum Gasteiger partial charge on any atom is -0.302 e. The summed E-state index contributed by atoms with van der Waals surface area (Å²) in [6.45, 7) is 4.79. The lowest BCUT2D eigenvalue weighted by molar-refractivity contribution is -0.123. The van der Waals surface area contributed by atoms with E-state index in [2.05, 4.69) is 6.58 Å². The van der Waals surface area contributed by atoms with Crippen molar-refractivity contribution in [2.75, 3.05) is 0 Å². The number of nitrogens with zero attached hydrogens (tertiary/aromatic N) is 1. The monoisotopic (exact) mass is 165 g/mol. The van der Waals surface area contributed by atoms with Gasteiger partial charge in [0.05, 0.1) is 6.07 Å². The second-order valence-electron chi connectivity index (χ2n) is 2.76. The summed E-state index contributed by atoms with van der Waals surface area (Å²) in [5.41, 5.74) is -1.19. The molecule has 0 radical (unpaired) electrons. The number of carbonyl (C=O) groups is 2. The molecule has 0 aromatic rings. The Labute approximate surface area is 71.7 Å². The minimum atomic E-state index is -1.19. The van der Waals surface area contributed by atoms with Crippen molar-refractivity contribution < 1.29 is 9.59 Å². The zero-order chi connectivity index (χ0) is 9.61. The first-order valence-electron chi connectivity index (χ1n) is 3.58. The molecule has 0 aromatic carbocycles. The number of aldehydes is 1. The molecule has 0 aliphatic carbocycles. The Kier molecular flexibility index (Phi) is 3.92. The highest BCUT2D eigenvalue weighted by atomic mass is 16.1. The van der Waals surface area contributed by atoms with Crippen LogP contribution in [0.2, 0.25) is 0 Å². The molecule has 0 aliphatic rings. The van der Waals surface area contributed by atoms with Crippen LogP contribution >= 0.6 is 0 Å². The zero-order valence-corrected chi connectivity index (χ0v) is 7.04. The molecule has 3 nitrogen and oxygen atoms in total. The van der Waals surface area contributed by atoms with E-state index in [0.29, 0.717) is 6.29 Å². The van der Waals surface area contributed by atoms with Crippen LogP contribution in [0.1, 0.15) is 19.8 Å². The van der Waals surface area contributed by atoms with Crippen molar-refractivity contribution in [2.24, 2.45) is 5.41 Å². The van der Waals surface area contributed by atoms with Gasteiger partial charge < -0.3 is 4.79 Å². The summed E-state index contributed by atoms with van der Waals surface area (Å²) in [5.74, 6) is -0.162. The van der Waals surface area contributed by atoms with E-state index in [9.17, 15) is 9.59 Å². The van der Waals surface area contributed by atoms with Crippen LogP contribution in [0, 0.1) is 16.7 Å². The van der Waals surface area contributed by atoms with Crippen LogP contribution in [0.15, 0.2) is 12.7 Å². The molecule has 3 heteroatoms. The molecule has 0 spiro atoms. The summed E-state index contributed by atoms with van der Waals surface area (Å²) < 4.78 is 0. The van der Waals surface area contributed by atoms with E-state index in [-0.39, 0.29) is 18.6 Å². The van der Waals surface area contributed by atoms with Crippen molar-refractivity contribution in [3.05, 3.63) is 12.7 Å². The normalized spacial score (nSPS) is 14.0. The third-order valence-corrected chi connectivity index (χ3v) is 1.52. The third kappa shape index (κ3) is 2.67. The third-order valence-electron chi connectivity index (χ3n) is 1.52. The van der Waals surface area contributed by atoms with Gasteiger partial charge in [0.15, 0.2) is 0 Å². The SMILES string of the molecule is C=CC[C@](C#N)(C=O)CC(C)=O. The van der Waals surface area contributed by atoms with Gasteiger partial charge in [-0.2, -0.15) is 5.26 Å². The summed E-state index contributed by atoms with van der Waals surface area (Å²) in [7, 11) is 0. The lowest BCUT2D eigenvalue weighted by Crippen LogP contribution is -2.22. The average molecular weight is 165 g/mol. The van der Waals surface area contributed by atoms with Crippen LogP contribution in [0.3, 0.4) is 0 Å². The highest BCUT2D eigenvalue weighted by Gasteiger charge is 2.29. The average Bonchev–Trinajstić information content (AvgIpc) is 2.03. The fourth-order valence-corrected chi connectivity index (χ4v) is 0.975. The molecule has 0 rings (SSSR count). The molecular formula is C9H11NO2. The topological polar surface area (TPSA) is 57.9 Å². The van der Waals surface area contributed by atoms with E-state index in [1.807, 2.05) is 6.07 Å². The number of ketones is 1. The molecule has 0 heterocycles. The van der Waals surface area contributed by atoms with E-state index in [1.165, 1.54) is 13.0 Å². The summed E-state index contributed by atoms with van der Waals surface area (Å²) >= 11 is 0. The van der Waals surface area contributed by atoms with Gasteiger partial charge in [0, 0.05) is 6.42 Å². The van der Waals surface area contributed by atoms with Gasteiger partial charge in [-0.15, -0.1) is 6.58 Å². The summed E-state index contributed by atoms with van der Waals surface area (Å²) in [5, 5.41) is 8.68. The fourth-order valence-electron chi connectivity index (χ4n) is 0.975. The van der Waals surface area contributed by atoms with E-state index >= 15 is 0 Å². The molecule has 64 valence electrons. The van der Waals surface area contributed by atoms with Crippen molar-refractivity contribution in [3.8, 4) is 6.07 Å². The van der Waals surface area contributed by atoms with E-state index in [0.717, 1.165) is 0 Å². The molecular weight excluding hydrogens is 154 g/mol. The molecule has 0 unspecified atom stereocenters. The second-order valence-corrected chi connectivity index (χ2v) is 2.76. The molecule has 0 saturated heterocycles. The number of hydrogen-bond acceptors (Lipinski definition) is 3. The number of nitriles is 1. The number of rotatable bonds is 5. The molecule has 1 atom stereocenters. The Bertz CT molecular complexity index is 239. The molecule has 0 aliphatic heterocycles. The predicted molar refractivity (Wildman–Crippen MR) is 44.2 cm³/mol. The Morgan fingerprint density at radius 2 is 2.33 bits per heavy atom. The van der Waals surface area contributed by atoms with Crippen LogP contribution in [-0.2, 0) is 9.59 Å². The van der Waals surface area contributed by atoms with E-state index in [1.54, 1.807) is 0 Å². The van der Waals surface area contributed by atoms with Crippen molar-refractivity contribution in [3.63, 3.8) is 0 Å². The van der Waals surface area contributed by atoms with Crippen LogP contribution < -0.4 is 0 Å². The first-order chi connectivity index (χ1) is 5.60. The summed E-state index contributed by atoms with van der Waals surface area (Å²) in [6, 6.07) is 1.84. The zero-order valence-electron chi connectivity index (χ0n) is 7.04. The van der Waals surface area contributed by atoms with Crippen LogP contribution in [0.4, 0.5) is 0 Å². The summed E-state index contributed by atoms with van der Waals surface area (Å²) in [4.78, 5) is 21.3. The molecule has 0 bridgehead atoms. The quantitative estimate of drug-likeness (QED) is 0.455. The van der Waals surface area contributed by atoms with Crippen LogP contribution in [0.25, 0.3) is 0 Å². The molecule has 0 fully saturated rings. The number of carbonyl (C=O) groups excluding carboxylic acids is 2. The molecule has 0 saturated carbocycles. The van der Waals surface area contributed by atoms with Gasteiger partial charge in [-0.25, -0.2) is 0 Å². The van der Waals surface area contributed by atoms with Crippen molar-refractivity contribution in [2.45, 2.75) is 19.8 Å². The minimum absolute atomic E-state index is 0.0288. The first-order valence-corrected chi connectivity index (χ1v) is 3.58. The van der Waals surface area contributed by atoms with Crippen molar-refractivity contribution >= 4 is 12.1 Å². The maximum Gasteiger partial charge on any atom is 0.141 e. The maximum absolute atomic E-state index is 10.7. The molecule has 0 amide bonds. The van der Waals surface area contributed by atoms with Gasteiger partial charge in [-0.1, -0.05) is 6.08 Å². The van der Waals surface area contributed by atoms with Gasteiger partial charge in [0.1, 0.15) is 17.5 Å². The molecule has 0 N–H and O–H groups in total. The highest BCUT2D eigenvalue weighted by molar-refractivity contribution is 5.82. The van der Waals surface area contributed by atoms with Crippen LogP contribution in [-0.4, -0.2) is 12.1 Å². The standard InChI is InChI=1S/C9H11NO2/c1-3-4-9(6-10,7-11)5-8(2)12/h3,7H,1,4-5H2,2H3/t9-/m0/s1. The first kappa shape index (κ1) is 10.6. The van der Waals surface area contributed by atoms with Gasteiger partial charge in [-0.3, -0.25) is 4.79 Å². The lowest BCUT2D eigenvalue weighted by atomic mass is 9.83. The fraction of sp³-hybridized carbons (Fsp3) is 0.444. The van der Waals surface area contributed by atoms with Gasteiger partial charge in [0.2, 0.25) is 0 Å². The number of allylic oxidation sites excluding steroid dienone is 1. The Balaban J connectivity index is 4.59. The van der Waals surface area contributed by atoms with Crippen LogP contribution in [0.5, 0.6) is 0 Å². The van der Waals surface area contributed by atoms with Gasteiger partial charge in [-0.05, 0) is 13.3 Å².